The Bertz CT molecular complexity index is 1300. The fourth-order valence-corrected chi connectivity index (χ4v) is 3.85. The number of hydrogen-bond donors (Lipinski definition) is 0. The van der Waals surface area contributed by atoms with E-state index in [1.807, 2.05) is 68.4 Å². The fraction of sp³-hybridized carbons (Fsp3) is 0.160. The van der Waals surface area contributed by atoms with Crippen LogP contribution in [0.25, 0.3) is 10.9 Å². The molecule has 0 saturated carbocycles. The molecule has 0 saturated heterocycles. The molecule has 0 spiro atoms. The van der Waals surface area contributed by atoms with Gasteiger partial charge >= 0.3 is 0 Å². The van der Waals surface area contributed by atoms with Gasteiger partial charge < -0.3 is 9.32 Å². The highest BCUT2D eigenvalue weighted by Gasteiger charge is 2.23. The molecule has 0 radical (unpaired) electrons. The number of furan rings is 1. The summed E-state index contributed by atoms with van der Waals surface area (Å²) in [5.74, 6) is 0.694. The van der Waals surface area contributed by atoms with E-state index >= 15 is 0 Å². The second-order valence-electron chi connectivity index (χ2n) is 7.38. The maximum Gasteiger partial charge on any atom is 0.255 e. The van der Waals surface area contributed by atoms with Crippen LogP contribution >= 0.6 is 15.9 Å². The quantitative estimate of drug-likeness (QED) is 0.360. The summed E-state index contributed by atoms with van der Waals surface area (Å²) in [4.78, 5) is 20.3. The topological polar surface area (TPSA) is 70.1 Å². The van der Waals surface area contributed by atoms with E-state index in [2.05, 4.69) is 20.9 Å². The standard InChI is InChI=1S/C25H20BrN3O2/c1-16-17(2)28-23-6-4-3-5-22(23)24(16)25(30)29(14-18-7-9-19(26)10-8-18)15-21-12-11-20(13-27)31-21/h3-12H,14-15H2,1-2H3. The SMILES string of the molecule is Cc1nc2ccccc2c(C(=O)N(Cc2ccc(Br)cc2)Cc2ccc(C#N)o2)c1C. The van der Waals surface area contributed by atoms with Crippen LogP contribution in [0.1, 0.15) is 38.7 Å². The molecule has 5 nitrogen and oxygen atoms in total. The van der Waals surface area contributed by atoms with E-state index in [-0.39, 0.29) is 18.2 Å². The van der Waals surface area contributed by atoms with Gasteiger partial charge in [-0.25, -0.2) is 0 Å². The number of rotatable bonds is 5. The van der Waals surface area contributed by atoms with Gasteiger partial charge in [-0.2, -0.15) is 5.26 Å². The Morgan fingerprint density at radius 3 is 2.52 bits per heavy atom. The Balaban J connectivity index is 1.78. The number of fused-ring (bicyclic) bond motifs is 1. The van der Waals surface area contributed by atoms with Gasteiger partial charge in [0.05, 0.1) is 17.6 Å². The Labute approximate surface area is 189 Å². The number of halogens is 1. The van der Waals surface area contributed by atoms with Crippen molar-refractivity contribution in [3.05, 3.63) is 99.0 Å². The summed E-state index contributed by atoms with van der Waals surface area (Å²) in [6.07, 6.45) is 0. The van der Waals surface area contributed by atoms with Gasteiger partial charge in [-0.15, -0.1) is 0 Å². The van der Waals surface area contributed by atoms with Crippen molar-refractivity contribution in [1.82, 2.24) is 9.88 Å². The van der Waals surface area contributed by atoms with Gasteiger partial charge in [0.15, 0.2) is 0 Å². The zero-order chi connectivity index (χ0) is 22.0. The van der Waals surface area contributed by atoms with Gasteiger partial charge in [0.1, 0.15) is 11.8 Å². The van der Waals surface area contributed by atoms with Gasteiger partial charge in [0.25, 0.3) is 5.91 Å². The van der Waals surface area contributed by atoms with E-state index in [0.717, 1.165) is 32.2 Å². The molecule has 4 rings (SSSR count). The maximum absolute atomic E-state index is 13.9. The highest BCUT2D eigenvalue weighted by atomic mass is 79.9. The minimum atomic E-state index is -0.1000. The van der Waals surface area contributed by atoms with E-state index in [1.54, 1.807) is 17.0 Å². The predicted octanol–water partition coefficient (Wildman–Crippen LogP) is 5.92. The zero-order valence-corrected chi connectivity index (χ0v) is 18.8. The highest BCUT2D eigenvalue weighted by Crippen LogP contribution is 2.26. The molecule has 0 N–H and O–H groups in total. The largest absolute Gasteiger partial charge is 0.449 e. The van der Waals surface area contributed by atoms with Crippen LogP contribution in [0.2, 0.25) is 0 Å². The summed E-state index contributed by atoms with van der Waals surface area (Å²) in [7, 11) is 0. The molecule has 1 amide bonds. The summed E-state index contributed by atoms with van der Waals surface area (Å²) in [6, 6.07) is 20.9. The third kappa shape index (κ3) is 4.37. The van der Waals surface area contributed by atoms with Gasteiger partial charge in [0.2, 0.25) is 5.76 Å². The molecule has 2 aromatic heterocycles. The molecule has 6 heteroatoms. The maximum atomic E-state index is 13.9. The lowest BCUT2D eigenvalue weighted by Crippen LogP contribution is -2.31. The lowest BCUT2D eigenvalue weighted by molar-refractivity contribution is 0.0718. The van der Waals surface area contributed by atoms with Crippen LogP contribution < -0.4 is 0 Å². The van der Waals surface area contributed by atoms with E-state index < -0.39 is 0 Å². The van der Waals surface area contributed by atoms with Gasteiger partial charge in [-0.05, 0) is 55.3 Å². The molecule has 154 valence electrons. The molecule has 31 heavy (non-hydrogen) atoms. The number of nitrogens with zero attached hydrogens (tertiary/aromatic N) is 3. The number of aryl methyl sites for hydroxylation is 1. The van der Waals surface area contributed by atoms with Crippen LogP contribution in [0.4, 0.5) is 0 Å². The molecule has 2 aromatic carbocycles. The summed E-state index contributed by atoms with van der Waals surface area (Å²) < 4.78 is 6.55. The molecular weight excluding hydrogens is 454 g/mol. The number of hydrogen-bond acceptors (Lipinski definition) is 4. The number of carbonyl (C=O) groups is 1. The van der Waals surface area contributed by atoms with Crippen LogP contribution in [-0.4, -0.2) is 15.8 Å². The average molecular weight is 474 g/mol. The van der Waals surface area contributed by atoms with Gasteiger partial charge in [0, 0.05) is 22.1 Å². The first-order chi connectivity index (χ1) is 15.0. The van der Waals surface area contributed by atoms with Crippen LogP contribution in [0.15, 0.2) is 69.6 Å². The summed E-state index contributed by atoms with van der Waals surface area (Å²) >= 11 is 3.45. The Morgan fingerprint density at radius 1 is 1.06 bits per heavy atom. The number of aromatic nitrogens is 1. The molecular formula is C25H20BrN3O2. The van der Waals surface area contributed by atoms with Gasteiger partial charge in [-0.1, -0.05) is 46.3 Å². The average Bonchev–Trinajstić information content (AvgIpc) is 3.23. The highest BCUT2D eigenvalue weighted by molar-refractivity contribution is 9.10. The van der Waals surface area contributed by atoms with Crippen molar-refractivity contribution in [3.63, 3.8) is 0 Å². The predicted molar refractivity (Wildman–Crippen MR) is 122 cm³/mol. The van der Waals surface area contributed by atoms with E-state index in [1.165, 1.54) is 0 Å². The van der Waals surface area contributed by atoms with Crippen LogP contribution in [0.5, 0.6) is 0 Å². The lowest BCUT2D eigenvalue weighted by atomic mass is 10.00. The molecule has 2 heterocycles. The van der Waals surface area contributed by atoms with Crippen molar-refractivity contribution in [2.24, 2.45) is 0 Å². The number of benzene rings is 2. The normalized spacial score (nSPS) is 10.8. The third-order valence-electron chi connectivity index (χ3n) is 5.29. The molecule has 0 aliphatic heterocycles. The third-order valence-corrected chi connectivity index (χ3v) is 5.81. The first kappa shape index (κ1) is 20.8. The van der Waals surface area contributed by atoms with Crippen molar-refractivity contribution in [3.8, 4) is 6.07 Å². The van der Waals surface area contributed by atoms with Crippen molar-refractivity contribution in [2.45, 2.75) is 26.9 Å². The van der Waals surface area contributed by atoms with E-state index in [0.29, 0.717) is 17.9 Å². The van der Waals surface area contributed by atoms with Crippen LogP contribution in [0, 0.1) is 25.2 Å². The van der Waals surface area contributed by atoms with Crippen molar-refractivity contribution in [1.29, 1.82) is 5.26 Å². The first-order valence-electron chi connectivity index (χ1n) is 9.84. The second-order valence-corrected chi connectivity index (χ2v) is 8.30. The van der Waals surface area contributed by atoms with Crippen molar-refractivity contribution >= 4 is 32.7 Å². The van der Waals surface area contributed by atoms with Crippen LogP contribution in [0.3, 0.4) is 0 Å². The molecule has 0 atom stereocenters. The minimum absolute atomic E-state index is 0.1000. The molecule has 4 aromatic rings. The lowest BCUT2D eigenvalue weighted by Gasteiger charge is -2.24. The smallest absolute Gasteiger partial charge is 0.255 e. The van der Waals surface area contributed by atoms with Gasteiger partial charge in [-0.3, -0.25) is 9.78 Å². The molecule has 0 aliphatic rings. The first-order valence-corrected chi connectivity index (χ1v) is 10.6. The fourth-order valence-electron chi connectivity index (χ4n) is 3.58. The van der Waals surface area contributed by atoms with Crippen molar-refractivity contribution < 1.29 is 9.21 Å². The molecule has 0 aliphatic carbocycles. The second kappa shape index (κ2) is 8.75. The van der Waals surface area contributed by atoms with E-state index in [4.69, 9.17) is 9.68 Å². The number of amides is 1. The number of nitriles is 1. The Kier molecular flexibility index (Phi) is 5.88. The molecule has 0 fully saturated rings. The number of carbonyl (C=O) groups excluding carboxylic acids is 1. The molecule has 0 bridgehead atoms. The number of para-hydroxylation sites is 1. The minimum Gasteiger partial charge on any atom is -0.449 e. The summed E-state index contributed by atoms with van der Waals surface area (Å²) in [5.41, 5.74) is 4.13. The zero-order valence-electron chi connectivity index (χ0n) is 17.2. The molecule has 0 unspecified atom stereocenters. The Hall–Kier alpha value is -3.43. The van der Waals surface area contributed by atoms with E-state index in [9.17, 15) is 4.79 Å². The Morgan fingerprint density at radius 2 is 1.81 bits per heavy atom. The number of pyridine rings is 1. The summed E-state index contributed by atoms with van der Waals surface area (Å²) in [5, 5.41) is 9.91. The van der Waals surface area contributed by atoms with Crippen LogP contribution in [-0.2, 0) is 13.1 Å². The monoisotopic (exact) mass is 473 g/mol. The van der Waals surface area contributed by atoms with Crippen molar-refractivity contribution in [2.75, 3.05) is 0 Å². The summed E-state index contributed by atoms with van der Waals surface area (Å²) in [6.45, 7) is 4.51.